The van der Waals surface area contributed by atoms with Crippen molar-refractivity contribution in [1.82, 2.24) is 9.78 Å². The molecule has 0 N–H and O–H groups in total. The normalized spacial score (nSPS) is 9.00. The van der Waals surface area contributed by atoms with Gasteiger partial charge in [0.15, 0.2) is 6.29 Å². The molecule has 0 unspecified atom stereocenters. The molecule has 0 amide bonds. The average molecular weight is 149 g/mol. The Kier molecular flexibility index (Phi) is 2.39. The first-order chi connectivity index (χ1) is 5.36. The molecule has 0 saturated heterocycles. The van der Waals surface area contributed by atoms with E-state index in [1.807, 2.05) is 6.07 Å². The number of carbonyl (C=O) groups excluding carboxylic acids is 1. The fourth-order valence-electron chi connectivity index (χ4n) is 0.727. The summed E-state index contributed by atoms with van der Waals surface area (Å²) in [7, 11) is 0. The first-order valence-corrected chi connectivity index (χ1v) is 3.21. The van der Waals surface area contributed by atoms with Crippen LogP contribution in [0, 0.1) is 11.3 Å². The lowest BCUT2D eigenvalue weighted by atomic mass is 10.4. The van der Waals surface area contributed by atoms with Gasteiger partial charge in [-0.05, 0) is 0 Å². The lowest BCUT2D eigenvalue weighted by Crippen LogP contribution is -1.96. The summed E-state index contributed by atoms with van der Waals surface area (Å²) < 4.78 is 1.58. The highest BCUT2D eigenvalue weighted by Gasteiger charge is 1.94. The number of hydrogen-bond donors (Lipinski definition) is 0. The van der Waals surface area contributed by atoms with Gasteiger partial charge in [-0.25, -0.2) is 0 Å². The maximum atomic E-state index is 10.2. The highest BCUT2D eigenvalue weighted by Crippen LogP contribution is 1.93. The molecular formula is C7H7N3O. The first kappa shape index (κ1) is 7.48. The summed E-state index contributed by atoms with van der Waals surface area (Å²) in [6.45, 7) is 0.546. The van der Waals surface area contributed by atoms with E-state index < -0.39 is 0 Å². The molecule has 0 radical (unpaired) electrons. The molecule has 4 nitrogen and oxygen atoms in total. The van der Waals surface area contributed by atoms with Crippen LogP contribution < -0.4 is 0 Å². The summed E-state index contributed by atoms with van der Waals surface area (Å²) >= 11 is 0. The zero-order valence-corrected chi connectivity index (χ0v) is 5.90. The van der Waals surface area contributed by atoms with Crippen LogP contribution in [0.2, 0.25) is 0 Å². The molecule has 4 heteroatoms. The molecule has 0 fully saturated rings. The monoisotopic (exact) mass is 149 g/mol. The van der Waals surface area contributed by atoms with E-state index in [0.29, 0.717) is 18.5 Å². The van der Waals surface area contributed by atoms with Crippen LogP contribution in [0.15, 0.2) is 12.4 Å². The molecule has 0 bridgehead atoms. The molecule has 1 heterocycles. The van der Waals surface area contributed by atoms with Gasteiger partial charge in [0.05, 0.1) is 30.8 Å². The van der Waals surface area contributed by atoms with Crippen molar-refractivity contribution in [1.29, 1.82) is 5.26 Å². The maximum Gasteiger partial charge on any atom is 0.153 e. The Balaban J connectivity index is 2.59. The SMILES string of the molecule is N#CCCn1cc(C=O)cn1. The van der Waals surface area contributed by atoms with Crippen molar-refractivity contribution in [3.63, 3.8) is 0 Å². The molecule has 11 heavy (non-hydrogen) atoms. The molecule has 56 valence electrons. The van der Waals surface area contributed by atoms with Crippen molar-refractivity contribution in [2.24, 2.45) is 0 Å². The molecular weight excluding hydrogens is 142 g/mol. The van der Waals surface area contributed by atoms with Crippen LogP contribution in [0.4, 0.5) is 0 Å². The summed E-state index contributed by atoms with van der Waals surface area (Å²) in [5, 5.41) is 12.1. The fraction of sp³-hybridized carbons (Fsp3) is 0.286. The van der Waals surface area contributed by atoms with Crippen LogP contribution in [-0.2, 0) is 6.54 Å². The van der Waals surface area contributed by atoms with E-state index in [1.54, 1.807) is 10.9 Å². The number of aldehydes is 1. The Labute approximate surface area is 64.1 Å². The van der Waals surface area contributed by atoms with Crippen molar-refractivity contribution < 1.29 is 4.79 Å². The number of carbonyl (C=O) groups is 1. The number of aryl methyl sites for hydroxylation is 1. The molecule has 0 saturated carbocycles. The van der Waals surface area contributed by atoms with E-state index in [9.17, 15) is 4.79 Å². The Morgan fingerprint density at radius 2 is 2.64 bits per heavy atom. The number of aromatic nitrogens is 2. The van der Waals surface area contributed by atoms with Gasteiger partial charge in [-0.2, -0.15) is 10.4 Å². The molecule has 1 rings (SSSR count). The third-order valence-corrected chi connectivity index (χ3v) is 1.24. The van der Waals surface area contributed by atoms with Gasteiger partial charge in [0.2, 0.25) is 0 Å². The third-order valence-electron chi connectivity index (χ3n) is 1.24. The van der Waals surface area contributed by atoms with E-state index >= 15 is 0 Å². The lowest BCUT2D eigenvalue weighted by molar-refractivity contribution is 0.112. The smallest absolute Gasteiger partial charge is 0.153 e. The van der Waals surface area contributed by atoms with Crippen LogP contribution in [0.5, 0.6) is 0 Å². The molecule has 0 aliphatic rings. The summed E-state index contributed by atoms with van der Waals surface area (Å²) in [6.07, 6.45) is 4.24. The van der Waals surface area contributed by atoms with Gasteiger partial charge in [-0.15, -0.1) is 0 Å². The second-order valence-electron chi connectivity index (χ2n) is 2.06. The van der Waals surface area contributed by atoms with Crippen LogP contribution in [0.25, 0.3) is 0 Å². The Bertz CT molecular complexity index is 284. The maximum absolute atomic E-state index is 10.2. The molecule has 0 spiro atoms. The summed E-state index contributed by atoms with van der Waals surface area (Å²) in [4.78, 5) is 10.2. The van der Waals surface area contributed by atoms with E-state index in [1.165, 1.54) is 6.20 Å². The number of hydrogen-bond acceptors (Lipinski definition) is 3. The Morgan fingerprint density at radius 1 is 1.82 bits per heavy atom. The highest BCUT2D eigenvalue weighted by atomic mass is 16.1. The van der Waals surface area contributed by atoms with E-state index in [2.05, 4.69) is 5.10 Å². The molecule has 0 atom stereocenters. The van der Waals surface area contributed by atoms with Gasteiger partial charge in [-0.3, -0.25) is 9.48 Å². The van der Waals surface area contributed by atoms with E-state index in [4.69, 9.17) is 5.26 Å². The van der Waals surface area contributed by atoms with Crippen molar-refractivity contribution in [3.8, 4) is 6.07 Å². The molecule has 0 aliphatic carbocycles. The minimum atomic E-state index is 0.417. The van der Waals surface area contributed by atoms with Crippen molar-refractivity contribution in [2.75, 3.05) is 0 Å². The predicted octanol–water partition coefficient (Wildman–Crippen LogP) is 0.609. The number of nitrogens with zero attached hydrogens (tertiary/aromatic N) is 3. The predicted molar refractivity (Wildman–Crippen MR) is 37.8 cm³/mol. The van der Waals surface area contributed by atoms with Crippen LogP contribution in [0.1, 0.15) is 16.8 Å². The first-order valence-electron chi connectivity index (χ1n) is 3.21. The molecule has 0 aliphatic heterocycles. The van der Waals surface area contributed by atoms with Gasteiger partial charge in [0.25, 0.3) is 0 Å². The largest absolute Gasteiger partial charge is 0.298 e. The summed E-state index contributed by atoms with van der Waals surface area (Å²) in [5.74, 6) is 0. The van der Waals surface area contributed by atoms with Crippen LogP contribution >= 0.6 is 0 Å². The number of nitriles is 1. The molecule has 1 aromatic rings. The fourth-order valence-corrected chi connectivity index (χ4v) is 0.727. The van der Waals surface area contributed by atoms with Crippen LogP contribution in [0.3, 0.4) is 0 Å². The minimum absolute atomic E-state index is 0.417. The van der Waals surface area contributed by atoms with E-state index in [0.717, 1.165) is 6.29 Å². The lowest BCUT2D eigenvalue weighted by Gasteiger charge is -1.91. The quantitative estimate of drug-likeness (QED) is 0.591. The summed E-state index contributed by atoms with van der Waals surface area (Å²) in [6, 6.07) is 1.99. The van der Waals surface area contributed by atoms with Gasteiger partial charge in [0.1, 0.15) is 0 Å². The topological polar surface area (TPSA) is 58.7 Å². The summed E-state index contributed by atoms with van der Waals surface area (Å²) in [5.41, 5.74) is 0.544. The second kappa shape index (κ2) is 3.52. The second-order valence-corrected chi connectivity index (χ2v) is 2.06. The average Bonchev–Trinajstić information content (AvgIpc) is 2.48. The molecule has 0 aromatic carbocycles. The van der Waals surface area contributed by atoms with Gasteiger partial charge in [0, 0.05) is 6.20 Å². The zero-order valence-electron chi connectivity index (χ0n) is 5.90. The standard InChI is InChI=1S/C7H7N3O/c8-2-1-3-10-5-7(6-11)4-9-10/h4-6H,1,3H2. The van der Waals surface area contributed by atoms with Gasteiger partial charge >= 0.3 is 0 Å². The van der Waals surface area contributed by atoms with Crippen LogP contribution in [-0.4, -0.2) is 16.1 Å². The number of rotatable bonds is 3. The van der Waals surface area contributed by atoms with Gasteiger partial charge in [-0.1, -0.05) is 0 Å². The molecule has 1 aromatic heterocycles. The van der Waals surface area contributed by atoms with E-state index in [-0.39, 0.29) is 0 Å². The minimum Gasteiger partial charge on any atom is -0.298 e. The zero-order chi connectivity index (χ0) is 8.10. The van der Waals surface area contributed by atoms with Crippen molar-refractivity contribution >= 4 is 6.29 Å². The Hall–Kier alpha value is -1.63. The highest BCUT2D eigenvalue weighted by molar-refractivity contribution is 5.73. The van der Waals surface area contributed by atoms with Gasteiger partial charge < -0.3 is 0 Å². The van der Waals surface area contributed by atoms with Crippen molar-refractivity contribution in [3.05, 3.63) is 18.0 Å². The van der Waals surface area contributed by atoms with Crippen molar-refractivity contribution in [2.45, 2.75) is 13.0 Å². The Morgan fingerprint density at radius 3 is 3.18 bits per heavy atom. The third kappa shape index (κ3) is 1.90.